The van der Waals surface area contributed by atoms with E-state index in [1.807, 2.05) is 6.92 Å². The van der Waals surface area contributed by atoms with Crippen LogP contribution < -0.4 is 9.47 Å². The van der Waals surface area contributed by atoms with Gasteiger partial charge in [0.05, 0.1) is 24.5 Å². The minimum atomic E-state index is -4.61. The highest BCUT2D eigenvalue weighted by atomic mass is 32.1. The first-order valence-electron chi connectivity index (χ1n) is 11.2. The molecule has 0 N–H and O–H groups in total. The number of rotatable bonds is 9. The zero-order valence-corrected chi connectivity index (χ0v) is 21.4. The highest BCUT2D eigenvalue weighted by molar-refractivity contribution is 7.15. The summed E-state index contributed by atoms with van der Waals surface area (Å²) in [6.45, 7) is 9.17. The van der Waals surface area contributed by atoms with Crippen LogP contribution in [0.15, 0.2) is 36.4 Å². The molecule has 0 aliphatic carbocycles. The van der Waals surface area contributed by atoms with Gasteiger partial charge in [-0.15, -0.1) is 11.3 Å². The molecule has 36 heavy (non-hydrogen) atoms. The van der Waals surface area contributed by atoms with Gasteiger partial charge in [0.15, 0.2) is 5.60 Å². The number of benzene rings is 2. The summed E-state index contributed by atoms with van der Waals surface area (Å²) >= 11 is 1.22. The van der Waals surface area contributed by atoms with Crippen LogP contribution in [0.5, 0.6) is 11.5 Å². The van der Waals surface area contributed by atoms with Gasteiger partial charge in [-0.25, -0.2) is 14.2 Å². The van der Waals surface area contributed by atoms with Crippen molar-refractivity contribution in [2.75, 3.05) is 13.2 Å². The SMILES string of the molecule is CCOC(=O)C(C)(C)Oc1ccc(OCCc2sc(-c3ccc(C(F)(F)F)cc3F)nc2C)cc1C. The molecule has 0 aliphatic heterocycles. The number of nitrogens with zero attached hydrogens (tertiary/aromatic N) is 1. The lowest BCUT2D eigenvalue weighted by atomic mass is 10.1. The van der Waals surface area contributed by atoms with Crippen LogP contribution in [0.4, 0.5) is 17.6 Å². The Labute approximate surface area is 211 Å². The molecule has 0 fully saturated rings. The Morgan fingerprint density at radius 1 is 1.08 bits per heavy atom. The molecule has 0 saturated heterocycles. The van der Waals surface area contributed by atoms with E-state index in [1.54, 1.807) is 45.9 Å². The van der Waals surface area contributed by atoms with Crippen LogP contribution in [0.3, 0.4) is 0 Å². The van der Waals surface area contributed by atoms with E-state index in [0.29, 0.717) is 41.3 Å². The molecule has 0 bridgehead atoms. The zero-order valence-electron chi connectivity index (χ0n) is 20.6. The minimum Gasteiger partial charge on any atom is -0.493 e. The molecule has 1 aromatic heterocycles. The standard InChI is InChI=1S/C26H27F4NO4S/c1-6-33-24(32)25(4,5)35-21-10-8-18(13-15(21)2)34-12-11-22-16(3)31-23(36-22)19-9-7-17(14-20(19)27)26(28,29)30/h7-10,13-14H,6,11-12H2,1-5H3. The second-order valence-electron chi connectivity index (χ2n) is 8.58. The zero-order chi connectivity index (χ0) is 26.7. The number of carbonyl (C=O) groups is 1. The summed E-state index contributed by atoms with van der Waals surface area (Å²) in [7, 11) is 0. The number of hydrogen-bond donors (Lipinski definition) is 0. The van der Waals surface area contributed by atoms with Gasteiger partial charge < -0.3 is 14.2 Å². The summed E-state index contributed by atoms with van der Waals surface area (Å²) in [4.78, 5) is 17.3. The summed E-state index contributed by atoms with van der Waals surface area (Å²) in [5, 5.41) is 0.315. The van der Waals surface area contributed by atoms with Crippen molar-refractivity contribution in [1.82, 2.24) is 4.98 Å². The van der Waals surface area contributed by atoms with Crippen molar-refractivity contribution in [3.8, 4) is 22.1 Å². The van der Waals surface area contributed by atoms with Gasteiger partial charge in [-0.05, 0) is 76.6 Å². The molecule has 0 unspecified atom stereocenters. The minimum absolute atomic E-state index is 0.0280. The van der Waals surface area contributed by atoms with Crippen LogP contribution in [0.25, 0.3) is 10.6 Å². The van der Waals surface area contributed by atoms with E-state index in [-0.39, 0.29) is 12.2 Å². The van der Waals surface area contributed by atoms with Crippen LogP contribution in [0, 0.1) is 19.7 Å². The topological polar surface area (TPSA) is 57.7 Å². The first-order valence-corrected chi connectivity index (χ1v) is 12.1. The maximum Gasteiger partial charge on any atom is 0.416 e. The van der Waals surface area contributed by atoms with Gasteiger partial charge >= 0.3 is 12.1 Å². The van der Waals surface area contributed by atoms with E-state index in [4.69, 9.17) is 14.2 Å². The predicted octanol–water partition coefficient (Wildman–Crippen LogP) is 6.93. The molecule has 194 valence electrons. The first kappa shape index (κ1) is 27.4. The van der Waals surface area contributed by atoms with Gasteiger partial charge in [-0.3, -0.25) is 0 Å². The second-order valence-corrected chi connectivity index (χ2v) is 9.66. The lowest BCUT2D eigenvalue weighted by Crippen LogP contribution is -2.39. The number of carbonyl (C=O) groups excluding carboxylic acids is 1. The van der Waals surface area contributed by atoms with Crippen molar-refractivity contribution >= 4 is 17.3 Å². The average Bonchev–Trinajstić information content (AvgIpc) is 3.15. The maximum atomic E-state index is 14.3. The highest BCUT2D eigenvalue weighted by Gasteiger charge is 2.32. The van der Waals surface area contributed by atoms with Crippen LogP contribution in [0.2, 0.25) is 0 Å². The van der Waals surface area contributed by atoms with Gasteiger partial charge in [0.25, 0.3) is 0 Å². The summed E-state index contributed by atoms with van der Waals surface area (Å²) in [5.41, 5.74) is -0.711. The van der Waals surface area contributed by atoms with Gasteiger partial charge in [-0.1, -0.05) is 0 Å². The Hall–Kier alpha value is -3.14. The molecular weight excluding hydrogens is 498 g/mol. The molecule has 3 rings (SSSR count). The number of aryl methyl sites for hydroxylation is 2. The average molecular weight is 526 g/mol. The van der Waals surface area contributed by atoms with Crippen molar-refractivity contribution in [2.24, 2.45) is 0 Å². The summed E-state index contributed by atoms with van der Waals surface area (Å²) in [6, 6.07) is 7.67. The Kier molecular flexibility index (Phi) is 8.28. The van der Waals surface area contributed by atoms with Crippen molar-refractivity contribution in [1.29, 1.82) is 0 Å². The molecule has 0 amide bonds. The van der Waals surface area contributed by atoms with Crippen LogP contribution in [0.1, 0.15) is 42.5 Å². The molecule has 0 radical (unpaired) electrons. The van der Waals surface area contributed by atoms with Crippen molar-refractivity contribution < 1.29 is 36.6 Å². The number of hydrogen-bond acceptors (Lipinski definition) is 6. The Balaban J connectivity index is 1.63. The van der Waals surface area contributed by atoms with E-state index >= 15 is 0 Å². The Morgan fingerprint density at radius 2 is 1.81 bits per heavy atom. The van der Waals surface area contributed by atoms with E-state index in [9.17, 15) is 22.4 Å². The Morgan fingerprint density at radius 3 is 2.42 bits per heavy atom. The maximum absolute atomic E-state index is 14.3. The fourth-order valence-electron chi connectivity index (χ4n) is 3.35. The Bertz CT molecular complexity index is 1240. The number of ether oxygens (including phenoxy) is 3. The van der Waals surface area contributed by atoms with Gasteiger partial charge in [0.1, 0.15) is 22.3 Å². The van der Waals surface area contributed by atoms with E-state index in [2.05, 4.69) is 4.98 Å². The molecule has 0 atom stereocenters. The largest absolute Gasteiger partial charge is 0.493 e. The number of esters is 1. The molecule has 5 nitrogen and oxygen atoms in total. The molecule has 2 aromatic carbocycles. The summed E-state index contributed by atoms with van der Waals surface area (Å²) < 4.78 is 69.5. The molecular formula is C26H27F4NO4S. The quantitative estimate of drug-likeness (QED) is 0.224. The lowest BCUT2D eigenvalue weighted by molar-refractivity contribution is -0.158. The number of thiazole rings is 1. The normalized spacial score (nSPS) is 11.9. The smallest absolute Gasteiger partial charge is 0.416 e. The molecule has 1 heterocycles. The number of halogens is 4. The van der Waals surface area contributed by atoms with Crippen LogP contribution in [-0.2, 0) is 22.1 Å². The molecule has 0 saturated carbocycles. The van der Waals surface area contributed by atoms with Crippen molar-refractivity contribution in [3.63, 3.8) is 0 Å². The monoisotopic (exact) mass is 525 g/mol. The summed E-state index contributed by atoms with van der Waals surface area (Å²) in [5.74, 6) is -0.294. The molecule has 0 spiro atoms. The van der Waals surface area contributed by atoms with Crippen LogP contribution in [-0.4, -0.2) is 29.8 Å². The third-order valence-corrected chi connectivity index (χ3v) is 6.55. The van der Waals surface area contributed by atoms with Gasteiger partial charge in [0.2, 0.25) is 0 Å². The molecule has 0 aliphatic rings. The third-order valence-electron chi connectivity index (χ3n) is 5.30. The van der Waals surface area contributed by atoms with Crippen molar-refractivity contribution in [3.05, 3.63) is 63.9 Å². The predicted molar refractivity (Wildman–Crippen MR) is 129 cm³/mol. The van der Waals surface area contributed by atoms with E-state index in [1.165, 1.54) is 11.3 Å². The number of aromatic nitrogens is 1. The molecule has 10 heteroatoms. The third kappa shape index (κ3) is 6.54. The van der Waals surface area contributed by atoms with Gasteiger partial charge in [0, 0.05) is 16.9 Å². The fourth-order valence-corrected chi connectivity index (χ4v) is 4.42. The van der Waals surface area contributed by atoms with Gasteiger partial charge in [-0.2, -0.15) is 13.2 Å². The molecule has 3 aromatic rings. The van der Waals surface area contributed by atoms with E-state index in [0.717, 1.165) is 22.6 Å². The second kappa shape index (κ2) is 10.9. The lowest BCUT2D eigenvalue weighted by Gasteiger charge is -2.25. The van der Waals surface area contributed by atoms with Crippen LogP contribution >= 0.6 is 11.3 Å². The first-order chi connectivity index (χ1) is 16.8. The number of alkyl halides is 3. The highest BCUT2D eigenvalue weighted by Crippen LogP contribution is 2.35. The fraction of sp³-hybridized carbons (Fsp3) is 0.385. The van der Waals surface area contributed by atoms with Crippen molar-refractivity contribution in [2.45, 2.75) is 52.8 Å². The summed E-state index contributed by atoms with van der Waals surface area (Å²) in [6.07, 6.45) is -4.13. The van der Waals surface area contributed by atoms with E-state index < -0.39 is 29.1 Å².